The fraction of sp³-hybridized carbons (Fsp3) is 0.667. The molecule has 0 aliphatic rings. The van der Waals surface area contributed by atoms with Crippen LogP contribution in [0.2, 0.25) is 0 Å². The van der Waals surface area contributed by atoms with Gasteiger partial charge in [-0.05, 0) is 37.7 Å². The fourth-order valence-electron chi connectivity index (χ4n) is 1.10. The van der Waals surface area contributed by atoms with Gasteiger partial charge in [-0.3, -0.25) is 0 Å². The van der Waals surface area contributed by atoms with Crippen LogP contribution < -0.4 is 0 Å². The van der Waals surface area contributed by atoms with Gasteiger partial charge in [0, 0.05) is 9.31 Å². The van der Waals surface area contributed by atoms with E-state index >= 15 is 0 Å². The van der Waals surface area contributed by atoms with E-state index in [2.05, 4.69) is 65.3 Å². The summed E-state index contributed by atoms with van der Waals surface area (Å²) in [6, 6.07) is 0. The predicted molar refractivity (Wildman–Crippen MR) is 73.2 cm³/mol. The third-order valence-corrected chi connectivity index (χ3v) is 4.05. The van der Waals surface area contributed by atoms with Crippen LogP contribution in [0.1, 0.15) is 40.0 Å². The molecule has 0 rings (SSSR count). The molecule has 0 fully saturated rings. The van der Waals surface area contributed by atoms with Crippen molar-refractivity contribution in [2.24, 2.45) is 5.92 Å². The highest BCUT2D eigenvalue weighted by Crippen LogP contribution is 2.20. The van der Waals surface area contributed by atoms with Crippen LogP contribution >= 0.6 is 31.9 Å². The van der Waals surface area contributed by atoms with Crippen LogP contribution in [0.5, 0.6) is 0 Å². The van der Waals surface area contributed by atoms with Crippen LogP contribution in [-0.4, -0.2) is 4.83 Å². The van der Waals surface area contributed by atoms with E-state index in [0.29, 0.717) is 4.83 Å². The van der Waals surface area contributed by atoms with Crippen molar-refractivity contribution in [2.75, 3.05) is 0 Å². The molecular formula is C12H20Br2. The number of hydrogen-bond donors (Lipinski definition) is 0. The van der Waals surface area contributed by atoms with E-state index in [1.165, 1.54) is 18.4 Å². The average Bonchev–Trinajstić information content (AvgIpc) is 2.11. The Morgan fingerprint density at radius 3 is 2.43 bits per heavy atom. The molecule has 14 heavy (non-hydrogen) atoms. The van der Waals surface area contributed by atoms with Gasteiger partial charge in [0.25, 0.3) is 0 Å². The van der Waals surface area contributed by atoms with Gasteiger partial charge in [0.2, 0.25) is 0 Å². The van der Waals surface area contributed by atoms with Crippen LogP contribution in [0.4, 0.5) is 0 Å². The second-order valence-electron chi connectivity index (χ2n) is 3.88. The van der Waals surface area contributed by atoms with Crippen molar-refractivity contribution >= 4 is 31.9 Å². The van der Waals surface area contributed by atoms with E-state index in [4.69, 9.17) is 0 Å². The first-order chi connectivity index (χ1) is 6.45. The molecule has 0 aliphatic carbocycles. The molecule has 0 bridgehead atoms. The lowest BCUT2D eigenvalue weighted by atomic mass is 10.0. The van der Waals surface area contributed by atoms with Crippen molar-refractivity contribution in [1.29, 1.82) is 0 Å². The van der Waals surface area contributed by atoms with Gasteiger partial charge in [0.15, 0.2) is 0 Å². The standard InChI is InChI=1S/C12H20Br2/c1-9(11(3)13)7-5-6-8-10(2)12(4)14/h7,10,12H,3,5-6,8H2,1-2,4H3. The summed E-state index contributed by atoms with van der Waals surface area (Å²) in [5.41, 5.74) is 1.25. The van der Waals surface area contributed by atoms with E-state index in [1.54, 1.807) is 0 Å². The van der Waals surface area contributed by atoms with Gasteiger partial charge in [-0.25, -0.2) is 0 Å². The van der Waals surface area contributed by atoms with Crippen LogP contribution in [-0.2, 0) is 0 Å². The maximum absolute atomic E-state index is 3.84. The highest BCUT2D eigenvalue weighted by molar-refractivity contribution is 9.12. The van der Waals surface area contributed by atoms with Crippen molar-refractivity contribution in [3.05, 3.63) is 22.7 Å². The molecule has 0 aliphatic heterocycles. The van der Waals surface area contributed by atoms with E-state index < -0.39 is 0 Å². The minimum Gasteiger partial charge on any atom is -0.0891 e. The number of alkyl halides is 1. The number of hydrogen-bond acceptors (Lipinski definition) is 0. The monoisotopic (exact) mass is 322 g/mol. The number of allylic oxidation sites excluding steroid dienone is 3. The van der Waals surface area contributed by atoms with Crippen molar-refractivity contribution in [3.63, 3.8) is 0 Å². The summed E-state index contributed by atoms with van der Waals surface area (Å²) in [5, 5.41) is 0. The number of unbranched alkanes of at least 4 members (excludes halogenated alkanes) is 1. The molecule has 0 N–H and O–H groups in total. The fourth-order valence-corrected chi connectivity index (χ4v) is 1.53. The molecule has 0 radical (unpaired) electrons. The molecule has 0 saturated heterocycles. The van der Waals surface area contributed by atoms with Gasteiger partial charge in [-0.15, -0.1) is 0 Å². The molecule has 0 aromatic heterocycles. The molecule has 2 unspecified atom stereocenters. The molecule has 82 valence electrons. The van der Waals surface area contributed by atoms with Crippen LogP contribution in [0, 0.1) is 5.92 Å². The smallest absolute Gasteiger partial charge is 0.0143 e. The average molecular weight is 324 g/mol. The minimum absolute atomic E-state index is 0.624. The number of halogens is 2. The molecule has 0 nitrogen and oxygen atoms in total. The van der Waals surface area contributed by atoms with Crippen molar-refractivity contribution in [3.8, 4) is 0 Å². The predicted octanol–water partition coefficient (Wildman–Crippen LogP) is 5.43. The van der Waals surface area contributed by atoms with Gasteiger partial charge in [-0.1, -0.05) is 58.4 Å². The summed E-state index contributed by atoms with van der Waals surface area (Å²) >= 11 is 6.98. The first-order valence-corrected chi connectivity index (χ1v) is 6.81. The summed E-state index contributed by atoms with van der Waals surface area (Å²) in [6.45, 7) is 10.4. The zero-order valence-corrected chi connectivity index (χ0v) is 12.5. The summed E-state index contributed by atoms with van der Waals surface area (Å²) in [6.07, 6.45) is 5.95. The maximum Gasteiger partial charge on any atom is 0.0143 e. The Hall–Kier alpha value is 0.440. The Labute approximate surface area is 105 Å². The van der Waals surface area contributed by atoms with Gasteiger partial charge >= 0.3 is 0 Å². The second-order valence-corrected chi connectivity index (χ2v) is 6.28. The van der Waals surface area contributed by atoms with Gasteiger partial charge in [-0.2, -0.15) is 0 Å². The third kappa shape index (κ3) is 6.83. The molecular weight excluding hydrogens is 304 g/mol. The van der Waals surface area contributed by atoms with E-state index in [0.717, 1.165) is 16.8 Å². The minimum atomic E-state index is 0.624. The summed E-state index contributed by atoms with van der Waals surface area (Å²) in [4.78, 5) is 0.624. The lowest BCUT2D eigenvalue weighted by molar-refractivity contribution is 0.514. The molecule has 0 aromatic carbocycles. The van der Waals surface area contributed by atoms with Crippen LogP contribution in [0.15, 0.2) is 22.7 Å². The first kappa shape index (κ1) is 14.4. The molecule has 2 atom stereocenters. The molecule has 0 amide bonds. The third-order valence-electron chi connectivity index (χ3n) is 2.53. The lowest BCUT2D eigenvalue weighted by Gasteiger charge is -2.12. The SMILES string of the molecule is C=C(Br)C(C)=CCCCC(C)C(C)Br. The zero-order chi connectivity index (χ0) is 11.1. The van der Waals surface area contributed by atoms with Gasteiger partial charge in [0.1, 0.15) is 0 Å². The maximum atomic E-state index is 3.84. The normalized spacial score (nSPS) is 16.5. The lowest BCUT2D eigenvalue weighted by Crippen LogP contribution is -2.05. The van der Waals surface area contributed by atoms with Crippen molar-refractivity contribution in [2.45, 2.75) is 44.9 Å². The highest BCUT2D eigenvalue weighted by Gasteiger charge is 2.06. The van der Waals surface area contributed by atoms with Crippen molar-refractivity contribution < 1.29 is 0 Å². The molecule has 0 heterocycles. The summed E-state index contributed by atoms with van der Waals surface area (Å²) in [5.74, 6) is 0.760. The Bertz CT molecular complexity index is 204. The Balaban J connectivity index is 3.66. The van der Waals surface area contributed by atoms with Crippen molar-refractivity contribution in [1.82, 2.24) is 0 Å². The van der Waals surface area contributed by atoms with Crippen LogP contribution in [0.25, 0.3) is 0 Å². The van der Waals surface area contributed by atoms with Gasteiger partial charge < -0.3 is 0 Å². The first-order valence-electron chi connectivity index (χ1n) is 5.10. The molecule has 0 aromatic rings. The Kier molecular flexibility index (Phi) is 7.94. The van der Waals surface area contributed by atoms with E-state index in [9.17, 15) is 0 Å². The molecule has 2 heteroatoms. The molecule has 0 spiro atoms. The van der Waals surface area contributed by atoms with E-state index in [-0.39, 0.29) is 0 Å². The quantitative estimate of drug-likeness (QED) is 0.347. The largest absolute Gasteiger partial charge is 0.0891 e. The summed E-state index contributed by atoms with van der Waals surface area (Å²) < 4.78 is 0.999. The Morgan fingerprint density at radius 1 is 1.43 bits per heavy atom. The Morgan fingerprint density at radius 2 is 2.00 bits per heavy atom. The van der Waals surface area contributed by atoms with Gasteiger partial charge in [0.05, 0.1) is 0 Å². The second kappa shape index (κ2) is 7.70. The van der Waals surface area contributed by atoms with Crippen LogP contribution in [0.3, 0.4) is 0 Å². The topological polar surface area (TPSA) is 0 Å². The highest BCUT2D eigenvalue weighted by atomic mass is 79.9. The molecule has 0 saturated carbocycles. The summed E-state index contributed by atoms with van der Waals surface area (Å²) in [7, 11) is 0. The van der Waals surface area contributed by atoms with E-state index in [1.807, 2.05) is 0 Å². The number of rotatable bonds is 6. The zero-order valence-electron chi connectivity index (χ0n) is 9.32.